The summed E-state index contributed by atoms with van der Waals surface area (Å²) in [5.74, 6) is -1.98. The lowest BCUT2D eigenvalue weighted by atomic mass is 10.1. The zero-order valence-corrected chi connectivity index (χ0v) is 12.4. The highest BCUT2D eigenvalue weighted by Gasteiger charge is 2.28. The van der Waals surface area contributed by atoms with Gasteiger partial charge in [-0.05, 0) is 24.3 Å². The minimum Gasteiger partial charge on any atom is -0.490 e. The highest BCUT2D eigenvalue weighted by atomic mass is 79.9. The van der Waals surface area contributed by atoms with Crippen molar-refractivity contribution in [3.8, 4) is 5.75 Å². The fourth-order valence-corrected chi connectivity index (χ4v) is 2.66. The maximum Gasteiger partial charge on any atom is 0.264 e. The van der Waals surface area contributed by atoms with E-state index in [0.717, 1.165) is 12.1 Å². The van der Waals surface area contributed by atoms with Crippen molar-refractivity contribution in [2.75, 3.05) is 18.1 Å². The quantitative estimate of drug-likeness (QED) is 0.780. The summed E-state index contributed by atoms with van der Waals surface area (Å²) in [5, 5.41) is 0. The number of carbonyl (C=O) groups is 1. The van der Waals surface area contributed by atoms with Gasteiger partial charge in [-0.3, -0.25) is 4.79 Å². The van der Waals surface area contributed by atoms with Gasteiger partial charge in [-0.25, -0.2) is 8.78 Å². The van der Waals surface area contributed by atoms with Crippen LogP contribution >= 0.6 is 15.9 Å². The van der Waals surface area contributed by atoms with E-state index in [4.69, 9.17) is 4.74 Å². The summed E-state index contributed by atoms with van der Waals surface area (Å²) in [6.45, 7) is 0.521. The molecule has 108 valence electrons. The van der Waals surface area contributed by atoms with Crippen LogP contribution in [0.4, 0.5) is 14.5 Å². The van der Waals surface area contributed by atoms with Crippen LogP contribution in [-0.4, -0.2) is 19.1 Å². The molecule has 0 atom stereocenters. The molecule has 2 aromatic carbocycles. The van der Waals surface area contributed by atoms with E-state index in [1.165, 1.54) is 4.90 Å². The zero-order chi connectivity index (χ0) is 15.0. The van der Waals surface area contributed by atoms with Gasteiger partial charge in [0.15, 0.2) is 0 Å². The molecule has 1 amide bonds. The molecule has 0 aliphatic carbocycles. The maximum atomic E-state index is 13.9. The van der Waals surface area contributed by atoms with Crippen molar-refractivity contribution in [1.29, 1.82) is 0 Å². The fraction of sp³-hybridized carbons (Fsp3) is 0.133. The van der Waals surface area contributed by atoms with Crippen LogP contribution in [0.25, 0.3) is 0 Å². The average molecular weight is 354 g/mol. The van der Waals surface area contributed by atoms with E-state index in [0.29, 0.717) is 11.4 Å². The smallest absolute Gasteiger partial charge is 0.264 e. The average Bonchev–Trinajstić information content (AvgIpc) is 2.45. The second kappa shape index (κ2) is 5.44. The van der Waals surface area contributed by atoms with Crippen molar-refractivity contribution >= 4 is 27.5 Å². The van der Waals surface area contributed by atoms with Crippen LogP contribution in [0, 0.1) is 11.6 Å². The number of ether oxygens (including phenoxy) is 1. The minimum absolute atomic E-state index is 0.241. The van der Waals surface area contributed by atoms with E-state index in [1.54, 1.807) is 24.3 Å². The number of carbonyl (C=O) groups excluding carboxylic acids is 1. The van der Waals surface area contributed by atoms with E-state index in [9.17, 15) is 13.6 Å². The number of para-hydroxylation sites is 2. The molecule has 0 saturated carbocycles. The third-order valence-corrected chi connectivity index (χ3v) is 3.65. The van der Waals surface area contributed by atoms with Crippen LogP contribution in [-0.2, 0) is 0 Å². The van der Waals surface area contributed by atoms with Gasteiger partial charge < -0.3 is 9.64 Å². The standard InChI is InChI=1S/C15H10BrF2NO2/c16-9-7-10(17)14(11(18)8-9)15(20)19-5-6-21-13-4-2-1-3-12(13)19/h1-4,7-8H,5-6H2. The van der Waals surface area contributed by atoms with E-state index in [-0.39, 0.29) is 17.6 Å². The van der Waals surface area contributed by atoms with Crippen molar-refractivity contribution in [2.24, 2.45) is 0 Å². The number of fused-ring (bicyclic) bond motifs is 1. The Bertz CT molecular complexity index is 698. The molecule has 1 aliphatic rings. The van der Waals surface area contributed by atoms with Gasteiger partial charge in [-0.2, -0.15) is 0 Å². The highest BCUT2D eigenvalue weighted by molar-refractivity contribution is 9.10. The first-order valence-electron chi connectivity index (χ1n) is 6.26. The Kier molecular flexibility index (Phi) is 3.63. The van der Waals surface area contributed by atoms with Gasteiger partial charge in [0, 0.05) is 4.47 Å². The van der Waals surface area contributed by atoms with Crippen LogP contribution in [0.2, 0.25) is 0 Å². The predicted octanol–water partition coefficient (Wildman–Crippen LogP) is 3.77. The molecule has 0 unspecified atom stereocenters. The highest BCUT2D eigenvalue weighted by Crippen LogP contribution is 2.33. The summed E-state index contributed by atoms with van der Waals surface area (Å²) in [6, 6.07) is 9.05. The third-order valence-electron chi connectivity index (χ3n) is 3.19. The van der Waals surface area contributed by atoms with E-state index in [1.807, 2.05) is 0 Å². The summed E-state index contributed by atoms with van der Waals surface area (Å²) in [5.41, 5.74) is -0.0506. The first kappa shape index (κ1) is 14.0. The fourth-order valence-electron chi connectivity index (χ4n) is 2.26. The van der Waals surface area contributed by atoms with E-state index >= 15 is 0 Å². The summed E-state index contributed by atoms with van der Waals surface area (Å²) in [4.78, 5) is 13.8. The lowest BCUT2D eigenvalue weighted by Crippen LogP contribution is -2.38. The molecule has 6 heteroatoms. The number of hydrogen-bond donors (Lipinski definition) is 0. The lowest BCUT2D eigenvalue weighted by molar-refractivity contribution is 0.0968. The summed E-state index contributed by atoms with van der Waals surface area (Å²) < 4.78 is 33.6. The molecule has 1 heterocycles. The molecule has 3 rings (SSSR count). The molecular weight excluding hydrogens is 344 g/mol. The van der Waals surface area contributed by atoms with Crippen molar-refractivity contribution in [3.63, 3.8) is 0 Å². The molecule has 0 fully saturated rings. The Labute approximate surface area is 128 Å². The topological polar surface area (TPSA) is 29.5 Å². The number of hydrogen-bond acceptors (Lipinski definition) is 2. The second-order valence-electron chi connectivity index (χ2n) is 4.52. The molecule has 2 aromatic rings. The SMILES string of the molecule is O=C(c1c(F)cc(Br)cc1F)N1CCOc2ccccc21. The third kappa shape index (κ3) is 2.51. The second-order valence-corrected chi connectivity index (χ2v) is 5.43. The molecule has 1 aliphatic heterocycles. The normalized spacial score (nSPS) is 13.6. The summed E-state index contributed by atoms with van der Waals surface area (Å²) in [7, 11) is 0. The lowest BCUT2D eigenvalue weighted by Gasteiger charge is -2.29. The number of rotatable bonds is 1. The molecule has 3 nitrogen and oxygen atoms in total. The number of amides is 1. The first-order chi connectivity index (χ1) is 10.1. The van der Waals surface area contributed by atoms with Crippen LogP contribution in [0.15, 0.2) is 40.9 Å². The van der Waals surface area contributed by atoms with E-state index in [2.05, 4.69) is 15.9 Å². The first-order valence-corrected chi connectivity index (χ1v) is 7.05. The van der Waals surface area contributed by atoms with E-state index < -0.39 is 23.1 Å². The largest absolute Gasteiger partial charge is 0.490 e. The molecule has 0 N–H and O–H groups in total. The van der Waals surface area contributed by atoms with Gasteiger partial charge in [0.05, 0.1) is 12.2 Å². The van der Waals surface area contributed by atoms with Gasteiger partial charge in [-0.1, -0.05) is 28.1 Å². The molecule has 0 saturated heterocycles. The van der Waals surface area contributed by atoms with Crippen LogP contribution in [0.3, 0.4) is 0 Å². The Morgan fingerprint density at radius 2 is 1.86 bits per heavy atom. The molecule has 0 spiro atoms. The van der Waals surface area contributed by atoms with Gasteiger partial charge in [0.2, 0.25) is 0 Å². The number of nitrogens with zero attached hydrogens (tertiary/aromatic N) is 1. The molecule has 0 radical (unpaired) electrons. The zero-order valence-electron chi connectivity index (χ0n) is 10.8. The molecular formula is C15H10BrF2NO2. The molecule has 0 aromatic heterocycles. The van der Waals surface area contributed by atoms with Gasteiger partial charge in [-0.15, -0.1) is 0 Å². The van der Waals surface area contributed by atoms with Gasteiger partial charge >= 0.3 is 0 Å². The number of anilines is 1. The summed E-state index contributed by atoms with van der Waals surface area (Å²) in [6.07, 6.45) is 0. The number of benzene rings is 2. The maximum absolute atomic E-state index is 13.9. The van der Waals surface area contributed by atoms with Crippen molar-refractivity contribution in [3.05, 3.63) is 58.1 Å². The Morgan fingerprint density at radius 1 is 1.19 bits per heavy atom. The minimum atomic E-state index is -0.893. The Balaban J connectivity index is 2.05. The van der Waals surface area contributed by atoms with Crippen LogP contribution in [0.1, 0.15) is 10.4 Å². The summed E-state index contributed by atoms with van der Waals surface area (Å²) >= 11 is 2.99. The van der Waals surface area contributed by atoms with Crippen molar-refractivity contribution in [1.82, 2.24) is 0 Å². The molecule has 21 heavy (non-hydrogen) atoms. The van der Waals surface area contributed by atoms with Gasteiger partial charge in [0.1, 0.15) is 29.6 Å². The van der Waals surface area contributed by atoms with Gasteiger partial charge in [0.25, 0.3) is 5.91 Å². The molecule has 0 bridgehead atoms. The van der Waals surface area contributed by atoms with Crippen LogP contribution < -0.4 is 9.64 Å². The van der Waals surface area contributed by atoms with Crippen molar-refractivity contribution < 1.29 is 18.3 Å². The Morgan fingerprint density at radius 3 is 2.57 bits per heavy atom. The Hall–Kier alpha value is -1.95. The monoisotopic (exact) mass is 353 g/mol. The van der Waals surface area contributed by atoms with Crippen LogP contribution in [0.5, 0.6) is 5.75 Å². The van der Waals surface area contributed by atoms with Crippen molar-refractivity contribution in [2.45, 2.75) is 0 Å². The number of halogens is 3. The predicted molar refractivity (Wildman–Crippen MR) is 77.7 cm³/mol.